The van der Waals surface area contributed by atoms with Gasteiger partial charge in [0.05, 0.1) is 12.2 Å². The van der Waals surface area contributed by atoms with Crippen molar-refractivity contribution in [2.75, 3.05) is 18.5 Å². The number of nitrogens with one attached hydrogen (secondary N) is 1. The van der Waals surface area contributed by atoms with Crippen LogP contribution >= 0.6 is 0 Å². The van der Waals surface area contributed by atoms with Gasteiger partial charge in [-0.3, -0.25) is 4.79 Å². The number of esters is 1. The first kappa shape index (κ1) is 19.9. The van der Waals surface area contributed by atoms with Crippen molar-refractivity contribution in [3.8, 4) is 5.75 Å². The van der Waals surface area contributed by atoms with Crippen LogP contribution in [0.2, 0.25) is 0 Å². The highest BCUT2D eigenvalue weighted by Crippen LogP contribution is 2.30. The van der Waals surface area contributed by atoms with Crippen molar-refractivity contribution in [2.45, 2.75) is 6.92 Å². The molecular weight excluding hydrogens is 374 g/mol. The van der Waals surface area contributed by atoms with Gasteiger partial charge in [0.15, 0.2) is 6.61 Å². The fourth-order valence-electron chi connectivity index (χ4n) is 2.81. The summed E-state index contributed by atoms with van der Waals surface area (Å²) in [7, 11) is 0. The van der Waals surface area contributed by atoms with E-state index in [1.54, 1.807) is 49.4 Å². The lowest BCUT2D eigenvalue weighted by Gasteiger charge is -2.12. The average Bonchev–Trinajstić information content (AvgIpc) is 2.72. The summed E-state index contributed by atoms with van der Waals surface area (Å²) < 4.78 is 10.5. The van der Waals surface area contributed by atoms with Gasteiger partial charge in [-0.05, 0) is 42.6 Å². The Bertz CT molecular complexity index is 1060. The number of ether oxygens (including phenoxy) is 2. The van der Waals surface area contributed by atoms with Gasteiger partial charge in [0, 0.05) is 11.1 Å². The number of anilines is 1. The van der Waals surface area contributed by atoms with Gasteiger partial charge < -0.3 is 19.9 Å². The molecule has 148 valence electrons. The molecule has 0 aliphatic carbocycles. The summed E-state index contributed by atoms with van der Waals surface area (Å²) in [6.07, 6.45) is 0. The minimum atomic E-state index is -1.14. The van der Waals surface area contributed by atoms with Gasteiger partial charge in [0.25, 0.3) is 5.91 Å². The minimum absolute atomic E-state index is 0.0183. The van der Waals surface area contributed by atoms with Crippen LogP contribution in [0, 0.1) is 0 Å². The Morgan fingerprint density at radius 3 is 2.38 bits per heavy atom. The van der Waals surface area contributed by atoms with E-state index in [-0.39, 0.29) is 24.5 Å². The summed E-state index contributed by atoms with van der Waals surface area (Å²) in [6, 6.07) is 16.6. The number of carboxylic acid groups (broad SMARTS) is 1. The molecule has 0 radical (unpaired) electrons. The van der Waals surface area contributed by atoms with Crippen molar-refractivity contribution < 1.29 is 29.0 Å². The van der Waals surface area contributed by atoms with Gasteiger partial charge >= 0.3 is 11.9 Å². The zero-order valence-electron chi connectivity index (χ0n) is 15.7. The molecule has 29 heavy (non-hydrogen) atoms. The van der Waals surface area contributed by atoms with Gasteiger partial charge in [-0.15, -0.1) is 0 Å². The van der Waals surface area contributed by atoms with E-state index in [2.05, 4.69) is 5.32 Å². The summed E-state index contributed by atoms with van der Waals surface area (Å²) in [6.45, 7) is 1.63. The zero-order valence-corrected chi connectivity index (χ0v) is 15.7. The molecule has 0 atom stereocenters. The largest absolute Gasteiger partial charge is 0.482 e. The zero-order chi connectivity index (χ0) is 20.8. The van der Waals surface area contributed by atoms with Gasteiger partial charge in [0.2, 0.25) is 0 Å². The number of carbonyl (C=O) groups is 3. The Morgan fingerprint density at radius 2 is 1.69 bits per heavy atom. The lowest BCUT2D eigenvalue weighted by Crippen LogP contribution is -2.21. The number of carbonyl (C=O) groups excluding carboxylic acids is 2. The first-order valence-corrected chi connectivity index (χ1v) is 8.94. The molecule has 0 aromatic heterocycles. The molecule has 3 aromatic carbocycles. The number of benzene rings is 3. The molecule has 3 aromatic rings. The smallest absolute Gasteiger partial charge is 0.339 e. The summed E-state index contributed by atoms with van der Waals surface area (Å²) in [5.74, 6) is -1.90. The normalized spacial score (nSPS) is 10.4. The van der Waals surface area contributed by atoms with Crippen LogP contribution in [-0.4, -0.2) is 36.2 Å². The topological polar surface area (TPSA) is 102 Å². The molecule has 0 aliphatic rings. The molecule has 0 fully saturated rings. The monoisotopic (exact) mass is 393 g/mol. The molecule has 2 N–H and O–H groups in total. The van der Waals surface area contributed by atoms with Crippen LogP contribution in [0.5, 0.6) is 5.75 Å². The molecule has 7 heteroatoms. The quantitative estimate of drug-likeness (QED) is 0.593. The molecule has 0 saturated heterocycles. The van der Waals surface area contributed by atoms with Crippen molar-refractivity contribution in [1.29, 1.82) is 0 Å². The molecule has 0 spiro atoms. The third kappa shape index (κ3) is 4.70. The van der Waals surface area contributed by atoms with E-state index in [4.69, 9.17) is 9.47 Å². The highest BCUT2D eigenvalue weighted by molar-refractivity contribution is 6.01. The summed E-state index contributed by atoms with van der Waals surface area (Å²) in [4.78, 5) is 35.4. The van der Waals surface area contributed by atoms with Crippen LogP contribution < -0.4 is 10.1 Å². The Kier molecular flexibility index (Phi) is 6.09. The number of carboxylic acids is 1. The number of aromatic carboxylic acids is 1. The Balaban J connectivity index is 1.70. The second kappa shape index (κ2) is 8.88. The molecule has 0 aliphatic heterocycles. The van der Waals surface area contributed by atoms with E-state index >= 15 is 0 Å². The van der Waals surface area contributed by atoms with Gasteiger partial charge in [0.1, 0.15) is 11.3 Å². The fraction of sp³-hybridized carbons (Fsp3) is 0.136. The van der Waals surface area contributed by atoms with Crippen LogP contribution in [-0.2, 0) is 9.53 Å². The average molecular weight is 393 g/mol. The lowest BCUT2D eigenvalue weighted by atomic mass is 10.1. The summed E-state index contributed by atoms with van der Waals surface area (Å²) in [5.41, 5.74) is 0.835. The number of fused-ring (bicyclic) bond motifs is 1. The van der Waals surface area contributed by atoms with Crippen molar-refractivity contribution in [2.24, 2.45) is 0 Å². The van der Waals surface area contributed by atoms with E-state index < -0.39 is 17.8 Å². The Labute approximate surface area is 166 Å². The third-order valence-corrected chi connectivity index (χ3v) is 4.14. The highest BCUT2D eigenvalue weighted by Gasteiger charge is 2.16. The first-order valence-electron chi connectivity index (χ1n) is 8.94. The summed E-state index contributed by atoms with van der Waals surface area (Å²) >= 11 is 0. The van der Waals surface area contributed by atoms with Gasteiger partial charge in [-0.1, -0.05) is 30.3 Å². The van der Waals surface area contributed by atoms with Gasteiger partial charge in [-0.25, -0.2) is 9.59 Å². The Hall–Kier alpha value is -3.87. The molecule has 1 amide bonds. The number of rotatable bonds is 7. The first-order chi connectivity index (χ1) is 14.0. The van der Waals surface area contributed by atoms with Crippen molar-refractivity contribution in [3.05, 3.63) is 71.8 Å². The molecule has 3 rings (SSSR count). The van der Waals surface area contributed by atoms with Crippen LogP contribution in [0.25, 0.3) is 10.8 Å². The van der Waals surface area contributed by atoms with Crippen LogP contribution in [0.15, 0.2) is 60.7 Å². The van der Waals surface area contributed by atoms with Crippen molar-refractivity contribution in [1.82, 2.24) is 0 Å². The maximum Gasteiger partial charge on any atom is 0.339 e. The van der Waals surface area contributed by atoms with E-state index in [9.17, 15) is 19.5 Å². The standard InChI is InChI=1S/C22H19NO6/c1-2-28-22(27)15-7-10-16(11-8-15)23-19(24)13-29-20-17-6-4-3-5-14(17)9-12-18(20)21(25)26/h3-12H,2,13H2,1H3,(H,23,24)(H,25,26). The maximum absolute atomic E-state index is 12.2. The van der Waals surface area contributed by atoms with E-state index in [0.29, 0.717) is 16.6 Å². The molecule has 0 heterocycles. The van der Waals surface area contributed by atoms with Crippen LogP contribution in [0.1, 0.15) is 27.6 Å². The number of amides is 1. The van der Waals surface area contributed by atoms with Crippen LogP contribution in [0.3, 0.4) is 0 Å². The van der Waals surface area contributed by atoms with E-state index in [1.165, 1.54) is 6.07 Å². The lowest BCUT2D eigenvalue weighted by molar-refractivity contribution is -0.118. The molecule has 0 saturated carbocycles. The predicted octanol–water partition coefficient (Wildman–Crippen LogP) is 3.73. The summed E-state index contributed by atoms with van der Waals surface area (Å²) in [5, 5.41) is 13.5. The third-order valence-electron chi connectivity index (χ3n) is 4.14. The van der Waals surface area contributed by atoms with Gasteiger partial charge in [-0.2, -0.15) is 0 Å². The second-order valence-electron chi connectivity index (χ2n) is 6.10. The van der Waals surface area contributed by atoms with E-state index in [1.807, 2.05) is 12.1 Å². The molecule has 0 bridgehead atoms. The minimum Gasteiger partial charge on any atom is -0.482 e. The number of hydrogen-bond donors (Lipinski definition) is 2. The fourth-order valence-corrected chi connectivity index (χ4v) is 2.81. The molecule has 0 unspecified atom stereocenters. The van der Waals surface area contributed by atoms with Crippen molar-refractivity contribution in [3.63, 3.8) is 0 Å². The maximum atomic E-state index is 12.2. The SMILES string of the molecule is CCOC(=O)c1ccc(NC(=O)COc2c(C(=O)O)ccc3ccccc23)cc1. The molecular formula is C22H19NO6. The highest BCUT2D eigenvalue weighted by atomic mass is 16.5. The van der Waals surface area contributed by atoms with Crippen molar-refractivity contribution >= 4 is 34.3 Å². The second-order valence-corrected chi connectivity index (χ2v) is 6.10. The molecule has 7 nitrogen and oxygen atoms in total. The van der Waals surface area contributed by atoms with E-state index in [0.717, 1.165) is 5.39 Å². The van der Waals surface area contributed by atoms with Crippen LogP contribution in [0.4, 0.5) is 5.69 Å². The predicted molar refractivity (Wildman–Crippen MR) is 107 cm³/mol. The number of hydrogen-bond acceptors (Lipinski definition) is 5. The Morgan fingerprint density at radius 1 is 0.966 bits per heavy atom.